The fourth-order valence-corrected chi connectivity index (χ4v) is 4.18. The molecule has 0 amide bonds. The third-order valence-corrected chi connectivity index (χ3v) is 5.35. The van der Waals surface area contributed by atoms with Crippen LogP contribution in [0.1, 0.15) is 33.1 Å². The molecule has 2 aromatic rings. The number of rotatable bonds is 4. The molecule has 3 rings (SSSR count). The van der Waals surface area contributed by atoms with E-state index in [1.165, 1.54) is 19.3 Å². The second kappa shape index (κ2) is 5.91. The lowest BCUT2D eigenvalue weighted by atomic mass is 9.87. The summed E-state index contributed by atoms with van der Waals surface area (Å²) in [6, 6.07) is 0. The first-order chi connectivity index (χ1) is 10.2. The van der Waals surface area contributed by atoms with Crippen LogP contribution < -0.4 is 4.90 Å². The Bertz CT molecular complexity index is 634. The van der Waals surface area contributed by atoms with E-state index in [4.69, 9.17) is 0 Å². The van der Waals surface area contributed by atoms with Crippen molar-refractivity contribution in [2.45, 2.75) is 33.1 Å². The molecule has 0 bridgehead atoms. The standard InChI is InChI=1S/C15H22BrN5/c1-4-10(5-2)11-6-7-21(8-11)15-12-13(16)19-20(3)14(12)17-9-18-15/h9-11H,4-8H2,1-3H3. The van der Waals surface area contributed by atoms with Crippen molar-refractivity contribution in [1.29, 1.82) is 0 Å². The molecule has 114 valence electrons. The SMILES string of the molecule is CCC(CC)C1CCN(c2ncnc3c2c(Br)nn3C)C1. The summed E-state index contributed by atoms with van der Waals surface area (Å²) in [6.45, 7) is 6.78. The van der Waals surface area contributed by atoms with E-state index in [1.54, 1.807) is 11.0 Å². The largest absolute Gasteiger partial charge is 0.356 e. The molecule has 21 heavy (non-hydrogen) atoms. The van der Waals surface area contributed by atoms with E-state index in [0.29, 0.717) is 0 Å². The molecule has 0 aromatic carbocycles. The van der Waals surface area contributed by atoms with Gasteiger partial charge in [0.1, 0.15) is 16.7 Å². The van der Waals surface area contributed by atoms with Crippen LogP contribution in [-0.4, -0.2) is 32.8 Å². The summed E-state index contributed by atoms with van der Waals surface area (Å²) in [5.74, 6) is 2.62. The number of hydrogen-bond acceptors (Lipinski definition) is 4. The molecule has 1 aliphatic heterocycles. The van der Waals surface area contributed by atoms with Crippen LogP contribution >= 0.6 is 15.9 Å². The molecule has 0 N–H and O–H groups in total. The summed E-state index contributed by atoms with van der Waals surface area (Å²) in [4.78, 5) is 11.3. The summed E-state index contributed by atoms with van der Waals surface area (Å²) in [5, 5.41) is 5.45. The van der Waals surface area contributed by atoms with Crippen molar-refractivity contribution >= 4 is 32.8 Å². The molecule has 2 aromatic heterocycles. The van der Waals surface area contributed by atoms with E-state index in [0.717, 1.165) is 46.4 Å². The third-order valence-electron chi connectivity index (χ3n) is 4.80. The molecule has 0 aliphatic carbocycles. The minimum absolute atomic E-state index is 0.778. The van der Waals surface area contributed by atoms with Crippen LogP contribution in [0.25, 0.3) is 11.0 Å². The molecule has 0 saturated carbocycles. The fourth-order valence-electron chi connectivity index (χ4n) is 3.59. The molecule has 1 unspecified atom stereocenters. The lowest BCUT2D eigenvalue weighted by Crippen LogP contribution is -2.23. The van der Waals surface area contributed by atoms with Gasteiger partial charge in [0.2, 0.25) is 0 Å². The monoisotopic (exact) mass is 351 g/mol. The van der Waals surface area contributed by atoms with E-state index in [-0.39, 0.29) is 0 Å². The van der Waals surface area contributed by atoms with Crippen LogP contribution in [0.15, 0.2) is 10.9 Å². The highest BCUT2D eigenvalue weighted by molar-refractivity contribution is 9.10. The minimum Gasteiger partial charge on any atom is -0.356 e. The van der Waals surface area contributed by atoms with Gasteiger partial charge in [0.15, 0.2) is 5.65 Å². The number of hydrogen-bond donors (Lipinski definition) is 0. The first-order valence-electron chi connectivity index (χ1n) is 7.73. The van der Waals surface area contributed by atoms with Crippen molar-refractivity contribution in [1.82, 2.24) is 19.7 Å². The summed E-state index contributed by atoms with van der Waals surface area (Å²) in [5.41, 5.74) is 0.887. The van der Waals surface area contributed by atoms with Gasteiger partial charge < -0.3 is 4.90 Å². The summed E-state index contributed by atoms with van der Waals surface area (Å²) >= 11 is 3.55. The number of fused-ring (bicyclic) bond motifs is 1. The Kier molecular flexibility index (Phi) is 4.15. The Morgan fingerprint density at radius 1 is 1.33 bits per heavy atom. The maximum atomic E-state index is 4.54. The molecule has 5 nitrogen and oxygen atoms in total. The first-order valence-corrected chi connectivity index (χ1v) is 8.53. The van der Waals surface area contributed by atoms with E-state index in [2.05, 4.69) is 49.7 Å². The zero-order valence-electron chi connectivity index (χ0n) is 12.9. The van der Waals surface area contributed by atoms with Gasteiger partial charge in [0.25, 0.3) is 0 Å². The topological polar surface area (TPSA) is 46.8 Å². The molecule has 6 heteroatoms. The molecule has 1 fully saturated rings. The molecular formula is C15H22BrN5. The Hall–Kier alpha value is -1.17. The van der Waals surface area contributed by atoms with Crippen LogP contribution in [0, 0.1) is 11.8 Å². The second-order valence-electron chi connectivity index (χ2n) is 5.88. The van der Waals surface area contributed by atoms with Gasteiger partial charge in [-0.25, -0.2) is 14.6 Å². The average Bonchev–Trinajstić information content (AvgIpc) is 3.07. The van der Waals surface area contributed by atoms with Crippen LogP contribution in [0.4, 0.5) is 5.82 Å². The van der Waals surface area contributed by atoms with Crippen LogP contribution in [0.5, 0.6) is 0 Å². The average molecular weight is 352 g/mol. The normalized spacial score (nSPS) is 19.1. The van der Waals surface area contributed by atoms with Gasteiger partial charge in [-0.1, -0.05) is 26.7 Å². The van der Waals surface area contributed by atoms with E-state index in [1.807, 2.05) is 7.05 Å². The highest BCUT2D eigenvalue weighted by Crippen LogP contribution is 2.35. The Morgan fingerprint density at radius 2 is 2.10 bits per heavy atom. The number of aryl methyl sites for hydroxylation is 1. The van der Waals surface area contributed by atoms with Gasteiger partial charge in [-0.05, 0) is 34.2 Å². The fraction of sp³-hybridized carbons (Fsp3) is 0.667. The van der Waals surface area contributed by atoms with Gasteiger partial charge >= 0.3 is 0 Å². The van der Waals surface area contributed by atoms with Crippen molar-refractivity contribution in [3.05, 3.63) is 10.9 Å². The van der Waals surface area contributed by atoms with Gasteiger partial charge in [-0.2, -0.15) is 5.10 Å². The number of nitrogens with zero attached hydrogens (tertiary/aromatic N) is 5. The molecule has 1 atom stereocenters. The van der Waals surface area contributed by atoms with Crippen molar-refractivity contribution in [3.8, 4) is 0 Å². The molecule has 3 heterocycles. The zero-order chi connectivity index (χ0) is 15.0. The molecule has 1 saturated heterocycles. The lowest BCUT2D eigenvalue weighted by molar-refractivity contribution is 0.339. The van der Waals surface area contributed by atoms with Crippen molar-refractivity contribution < 1.29 is 0 Å². The maximum Gasteiger partial charge on any atom is 0.164 e. The Morgan fingerprint density at radius 3 is 2.81 bits per heavy atom. The molecular weight excluding hydrogens is 330 g/mol. The van der Waals surface area contributed by atoms with E-state index >= 15 is 0 Å². The quantitative estimate of drug-likeness (QED) is 0.846. The van der Waals surface area contributed by atoms with Gasteiger partial charge in [-0.3, -0.25) is 0 Å². The van der Waals surface area contributed by atoms with Gasteiger partial charge in [0.05, 0.1) is 5.39 Å². The maximum absolute atomic E-state index is 4.54. The summed E-state index contributed by atoms with van der Waals surface area (Å²) in [7, 11) is 1.92. The Labute approximate surface area is 133 Å². The molecule has 1 aliphatic rings. The number of aromatic nitrogens is 4. The first kappa shape index (κ1) is 14.8. The van der Waals surface area contributed by atoms with Crippen molar-refractivity contribution in [3.63, 3.8) is 0 Å². The smallest absolute Gasteiger partial charge is 0.164 e. The van der Waals surface area contributed by atoms with Crippen LogP contribution in [0.2, 0.25) is 0 Å². The highest BCUT2D eigenvalue weighted by Gasteiger charge is 2.30. The molecule has 0 spiro atoms. The van der Waals surface area contributed by atoms with Crippen LogP contribution in [0.3, 0.4) is 0 Å². The minimum atomic E-state index is 0.778. The van der Waals surface area contributed by atoms with Gasteiger partial charge in [-0.15, -0.1) is 0 Å². The van der Waals surface area contributed by atoms with Crippen molar-refractivity contribution in [2.75, 3.05) is 18.0 Å². The summed E-state index contributed by atoms with van der Waals surface area (Å²) in [6.07, 6.45) is 5.45. The second-order valence-corrected chi connectivity index (χ2v) is 6.63. The van der Waals surface area contributed by atoms with E-state index < -0.39 is 0 Å². The predicted octanol–water partition coefficient (Wildman–Crippen LogP) is 3.39. The third kappa shape index (κ3) is 2.54. The highest BCUT2D eigenvalue weighted by atomic mass is 79.9. The van der Waals surface area contributed by atoms with Gasteiger partial charge in [0, 0.05) is 20.1 Å². The number of halogens is 1. The predicted molar refractivity (Wildman–Crippen MR) is 88.4 cm³/mol. The summed E-state index contributed by atoms with van der Waals surface area (Å²) < 4.78 is 2.64. The van der Waals surface area contributed by atoms with E-state index in [9.17, 15) is 0 Å². The Balaban J connectivity index is 1.92. The van der Waals surface area contributed by atoms with Crippen molar-refractivity contribution in [2.24, 2.45) is 18.9 Å². The zero-order valence-corrected chi connectivity index (χ0v) is 14.5. The molecule has 0 radical (unpaired) electrons. The number of anilines is 1. The lowest BCUT2D eigenvalue weighted by Gasteiger charge is -2.22. The van der Waals surface area contributed by atoms with Crippen LogP contribution in [-0.2, 0) is 7.05 Å².